The number of carbonyl (C=O) groups is 2. The molecule has 1 saturated heterocycles. The lowest BCUT2D eigenvalue weighted by atomic mass is 9.90. The van der Waals surface area contributed by atoms with Gasteiger partial charge in [0.15, 0.2) is 0 Å². The van der Waals surface area contributed by atoms with E-state index in [2.05, 4.69) is 0 Å². The zero-order chi connectivity index (χ0) is 25.0. The van der Waals surface area contributed by atoms with Crippen LogP contribution in [-0.4, -0.2) is 25.3 Å². The third-order valence-corrected chi connectivity index (χ3v) is 6.30. The quantitative estimate of drug-likeness (QED) is 0.364. The van der Waals surface area contributed by atoms with Crippen molar-refractivity contribution in [2.45, 2.75) is 31.9 Å². The number of anilines is 1. The van der Waals surface area contributed by atoms with Crippen LogP contribution in [0.15, 0.2) is 72.8 Å². The third-order valence-electron chi connectivity index (χ3n) is 6.30. The van der Waals surface area contributed by atoms with Gasteiger partial charge in [0.25, 0.3) is 0 Å². The lowest BCUT2D eigenvalue weighted by Crippen LogP contribution is -2.42. The fourth-order valence-electron chi connectivity index (χ4n) is 4.49. The molecule has 36 heavy (non-hydrogen) atoms. The summed E-state index contributed by atoms with van der Waals surface area (Å²) in [7, 11) is 1.62. The predicted octanol–water partition coefficient (Wildman–Crippen LogP) is 6.44. The topological polar surface area (TPSA) is 46.6 Å². The summed E-state index contributed by atoms with van der Waals surface area (Å²) in [6.45, 7) is 0.580. The summed E-state index contributed by atoms with van der Waals surface area (Å²) >= 11 is 0. The predicted molar refractivity (Wildman–Crippen MR) is 139 cm³/mol. The molecule has 0 aromatic heterocycles. The second-order valence-electron chi connectivity index (χ2n) is 8.69. The molecule has 1 heterocycles. The minimum absolute atomic E-state index is 0. The maximum Gasteiger partial charge on any atom is 0.416 e. The maximum absolute atomic E-state index is 13.2. The highest BCUT2D eigenvalue weighted by atomic mass is 32.1. The van der Waals surface area contributed by atoms with Crippen molar-refractivity contribution in [3.05, 3.63) is 83.9 Å². The summed E-state index contributed by atoms with van der Waals surface area (Å²) < 4.78 is 43.6. The van der Waals surface area contributed by atoms with Gasteiger partial charge in [-0.05, 0) is 54.3 Å². The Bertz CT molecular complexity index is 1190. The second-order valence-corrected chi connectivity index (χ2v) is 8.69. The molecule has 0 radical (unpaired) electrons. The van der Waals surface area contributed by atoms with Crippen molar-refractivity contribution in [3.63, 3.8) is 0 Å². The molecule has 0 aliphatic carbocycles. The molecule has 3 aromatic rings. The van der Waals surface area contributed by atoms with Crippen LogP contribution in [0, 0.1) is 5.92 Å². The maximum atomic E-state index is 13.2. The van der Waals surface area contributed by atoms with Crippen LogP contribution in [0.1, 0.15) is 30.4 Å². The first-order valence-electron chi connectivity index (χ1n) is 11.5. The zero-order valence-corrected chi connectivity index (χ0v) is 20.8. The summed E-state index contributed by atoms with van der Waals surface area (Å²) in [4.78, 5) is 27.5. The summed E-state index contributed by atoms with van der Waals surface area (Å²) in [6, 6.07) is 20.0. The Hall–Kier alpha value is -3.26. The summed E-state index contributed by atoms with van der Waals surface area (Å²) in [5, 5.41) is 0. The van der Waals surface area contributed by atoms with Crippen LogP contribution in [0.25, 0.3) is 11.1 Å². The molecule has 0 bridgehead atoms. The van der Waals surface area contributed by atoms with Gasteiger partial charge in [0.2, 0.25) is 5.91 Å². The Morgan fingerprint density at radius 3 is 2.31 bits per heavy atom. The first-order valence-corrected chi connectivity index (χ1v) is 11.5. The van der Waals surface area contributed by atoms with Crippen LogP contribution in [-0.2, 0) is 22.2 Å². The number of carbonyl (C=O) groups excluding carboxylic acids is 2. The number of Topliss-reactive ketones (excluding diaryl/α,β-unsaturated/α-hetero) is 1. The van der Waals surface area contributed by atoms with E-state index in [-0.39, 0.29) is 38.0 Å². The minimum atomic E-state index is -4.41. The van der Waals surface area contributed by atoms with Gasteiger partial charge < -0.3 is 9.64 Å². The number of ether oxygens (including phenoxy) is 1. The van der Waals surface area contributed by atoms with Crippen molar-refractivity contribution in [2.75, 3.05) is 18.6 Å². The molecule has 1 atom stereocenters. The van der Waals surface area contributed by atoms with E-state index in [1.54, 1.807) is 12.0 Å². The molecule has 0 unspecified atom stereocenters. The van der Waals surface area contributed by atoms with E-state index < -0.39 is 17.7 Å². The number of alkyl halides is 3. The molecule has 0 N–H and O–H groups in total. The molecular formula is C28H28F3NO3S. The van der Waals surface area contributed by atoms with Crippen molar-refractivity contribution in [2.24, 2.45) is 5.92 Å². The van der Waals surface area contributed by atoms with Gasteiger partial charge in [-0.3, -0.25) is 9.59 Å². The molecule has 0 saturated carbocycles. The van der Waals surface area contributed by atoms with Crippen molar-refractivity contribution >= 4 is 30.9 Å². The SMILES string of the molecule is COc1ccccc1-c1ccc(N2CCC[C@H](CC(=O)Cc3ccc(C(F)(F)F)cc3)C2=O)cc1.S. The number of hydrogen-bond donors (Lipinski definition) is 0. The summed E-state index contributed by atoms with van der Waals surface area (Å²) in [5.41, 5.74) is 2.46. The second kappa shape index (κ2) is 11.6. The normalized spacial score (nSPS) is 15.8. The van der Waals surface area contributed by atoms with Gasteiger partial charge in [0, 0.05) is 36.6 Å². The third kappa shape index (κ3) is 6.29. The van der Waals surface area contributed by atoms with E-state index in [1.807, 2.05) is 48.5 Å². The van der Waals surface area contributed by atoms with E-state index in [4.69, 9.17) is 4.74 Å². The number of piperidine rings is 1. The van der Waals surface area contributed by atoms with Crippen LogP contribution in [0.4, 0.5) is 18.9 Å². The first-order chi connectivity index (χ1) is 16.8. The number of benzene rings is 3. The Morgan fingerprint density at radius 2 is 1.67 bits per heavy atom. The first kappa shape index (κ1) is 27.3. The lowest BCUT2D eigenvalue weighted by molar-refractivity contribution is -0.137. The van der Waals surface area contributed by atoms with Crippen LogP contribution in [0.2, 0.25) is 0 Å². The number of methoxy groups -OCH3 is 1. The van der Waals surface area contributed by atoms with Crippen molar-refractivity contribution in [3.8, 4) is 16.9 Å². The molecule has 0 spiro atoms. The number of hydrogen-bond acceptors (Lipinski definition) is 3. The highest BCUT2D eigenvalue weighted by Gasteiger charge is 2.32. The fraction of sp³-hybridized carbons (Fsp3) is 0.286. The molecule has 3 aromatic carbocycles. The average Bonchev–Trinajstić information content (AvgIpc) is 2.85. The van der Waals surface area contributed by atoms with Crippen molar-refractivity contribution in [1.82, 2.24) is 0 Å². The van der Waals surface area contributed by atoms with Crippen molar-refractivity contribution < 1.29 is 27.5 Å². The molecule has 1 aliphatic heterocycles. The molecular weight excluding hydrogens is 487 g/mol. The van der Waals surface area contributed by atoms with Gasteiger partial charge in [-0.15, -0.1) is 0 Å². The number of halogens is 3. The highest BCUT2D eigenvalue weighted by Crippen LogP contribution is 2.33. The van der Waals surface area contributed by atoms with Crippen LogP contribution < -0.4 is 9.64 Å². The monoisotopic (exact) mass is 515 g/mol. The Kier molecular flexibility index (Phi) is 8.84. The Morgan fingerprint density at radius 1 is 1.00 bits per heavy atom. The summed E-state index contributed by atoms with van der Waals surface area (Å²) in [5.74, 6) is 0.0825. The minimum Gasteiger partial charge on any atom is -0.496 e. The number of nitrogens with zero attached hydrogens (tertiary/aromatic N) is 1. The van der Waals surface area contributed by atoms with Crippen LogP contribution in [0.5, 0.6) is 5.75 Å². The van der Waals surface area contributed by atoms with Gasteiger partial charge in [-0.2, -0.15) is 26.7 Å². The number of para-hydroxylation sites is 1. The van der Waals surface area contributed by atoms with Gasteiger partial charge in [0.05, 0.1) is 12.7 Å². The van der Waals surface area contributed by atoms with Gasteiger partial charge in [0.1, 0.15) is 11.5 Å². The standard InChI is InChI=1S/C28H26F3NO3.H2S/c1-35-26-7-3-2-6-25(26)20-10-14-23(15-11-20)32-16-4-5-21(27(32)34)18-24(33)17-19-8-12-22(13-9-19)28(29,30)31;/h2-3,6-15,21H,4-5,16-18H2,1H3;1H2/t21-;/m1./s1. The van der Waals surface area contributed by atoms with Gasteiger partial charge >= 0.3 is 6.18 Å². The number of ketones is 1. The summed E-state index contributed by atoms with van der Waals surface area (Å²) in [6.07, 6.45) is -2.93. The molecule has 1 amide bonds. The average molecular weight is 516 g/mol. The molecule has 4 nitrogen and oxygen atoms in total. The van der Waals surface area contributed by atoms with E-state index in [9.17, 15) is 22.8 Å². The molecule has 190 valence electrons. The largest absolute Gasteiger partial charge is 0.496 e. The zero-order valence-electron chi connectivity index (χ0n) is 19.8. The molecule has 4 rings (SSSR count). The Labute approximate surface area is 215 Å². The highest BCUT2D eigenvalue weighted by molar-refractivity contribution is 7.59. The molecule has 1 aliphatic rings. The van der Waals surface area contributed by atoms with E-state index in [0.29, 0.717) is 18.5 Å². The van der Waals surface area contributed by atoms with E-state index in [0.717, 1.165) is 41.1 Å². The van der Waals surface area contributed by atoms with E-state index >= 15 is 0 Å². The van der Waals surface area contributed by atoms with Crippen molar-refractivity contribution in [1.29, 1.82) is 0 Å². The van der Waals surface area contributed by atoms with Crippen LogP contribution >= 0.6 is 13.5 Å². The van der Waals surface area contributed by atoms with Gasteiger partial charge in [-0.25, -0.2) is 0 Å². The van der Waals surface area contributed by atoms with Crippen LogP contribution in [0.3, 0.4) is 0 Å². The number of rotatable bonds is 7. The van der Waals surface area contributed by atoms with Gasteiger partial charge in [-0.1, -0.05) is 42.5 Å². The fourth-order valence-corrected chi connectivity index (χ4v) is 4.49. The van der Waals surface area contributed by atoms with E-state index in [1.165, 1.54) is 12.1 Å². The number of amides is 1. The Balaban J connectivity index is 0.00000361. The smallest absolute Gasteiger partial charge is 0.416 e. The lowest BCUT2D eigenvalue weighted by Gasteiger charge is -2.32. The molecule has 1 fully saturated rings. The molecule has 8 heteroatoms.